The maximum absolute atomic E-state index is 12.4. The third-order valence-corrected chi connectivity index (χ3v) is 3.92. The number of ether oxygens (including phenoxy) is 1. The summed E-state index contributed by atoms with van der Waals surface area (Å²) >= 11 is 3.21. The van der Waals surface area contributed by atoms with Crippen molar-refractivity contribution < 1.29 is 9.84 Å². The molecule has 0 spiro atoms. The molecule has 0 bridgehead atoms. The van der Waals surface area contributed by atoms with Crippen LogP contribution in [0.2, 0.25) is 0 Å². The zero-order valence-corrected chi connectivity index (χ0v) is 13.5. The zero-order valence-electron chi connectivity index (χ0n) is 11.9. The lowest BCUT2D eigenvalue weighted by molar-refractivity contribution is -0.0277. The number of nitrogens with zero attached hydrogens (tertiary/aromatic N) is 5. The summed E-state index contributed by atoms with van der Waals surface area (Å²) < 4.78 is 8.03. The molecule has 2 rings (SSSR count). The highest BCUT2D eigenvalue weighted by atomic mass is 79.9. The normalized spacial score (nSPS) is 24.2. The van der Waals surface area contributed by atoms with E-state index in [9.17, 15) is 14.7 Å². The van der Waals surface area contributed by atoms with Gasteiger partial charge in [-0.25, -0.2) is 4.79 Å². The van der Waals surface area contributed by atoms with Gasteiger partial charge in [-0.15, -0.1) is 0 Å². The third kappa shape index (κ3) is 3.09. The molecule has 1 aliphatic heterocycles. The van der Waals surface area contributed by atoms with Crippen LogP contribution < -0.4 is 11.2 Å². The minimum absolute atomic E-state index is 0.245. The van der Waals surface area contributed by atoms with Crippen molar-refractivity contribution >= 4 is 15.9 Å². The second-order valence-electron chi connectivity index (χ2n) is 4.97. The van der Waals surface area contributed by atoms with Crippen LogP contribution in [0.4, 0.5) is 0 Å². The lowest BCUT2D eigenvalue weighted by Gasteiger charge is -2.17. The fraction of sp³-hybridized carbons (Fsp3) is 0.667. The molecule has 22 heavy (non-hydrogen) atoms. The van der Waals surface area contributed by atoms with Crippen LogP contribution in [-0.4, -0.2) is 38.3 Å². The fourth-order valence-electron chi connectivity index (χ4n) is 2.48. The van der Waals surface area contributed by atoms with Gasteiger partial charge in [0.05, 0.1) is 18.8 Å². The van der Waals surface area contributed by atoms with Crippen molar-refractivity contribution in [2.45, 2.75) is 38.3 Å². The van der Waals surface area contributed by atoms with Crippen molar-refractivity contribution in [2.24, 2.45) is 5.11 Å². The number of aliphatic hydroxyl groups is 1. The second kappa shape index (κ2) is 7.10. The van der Waals surface area contributed by atoms with Crippen LogP contribution in [0.25, 0.3) is 10.4 Å². The topological polar surface area (TPSA) is 122 Å². The molecule has 0 saturated carbocycles. The molecule has 1 unspecified atom stereocenters. The molecule has 10 heteroatoms. The maximum atomic E-state index is 12.4. The van der Waals surface area contributed by atoms with Crippen LogP contribution >= 0.6 is 15.9 Å². The number of rotatable bonds is 5. The SMILES string of the molecule is Cc1cn([C@H]2CC(N=[N+]=[N-])[C@@H](CO)O2)c(=O)n(CCBr)c1=O. The summed E-state index contributed by atoms with van der Waals surface area (Å²) in [6, 6.07) is -0.552. The molecule has 120 valence electrons. The largest absolute Gasteiger partial charge is 0.394 e. The summed E-state index contributed by atoms with van der Waals surface area (Å²) in [6.45, 7) is 1.55. The van der Waals surface area contributed by atoms with E-state index in [1.54, 1.807) is 6.92 Å². The third-order valence-electron chi connectivity index (χ3n) is 3.57. The number of azide groups is 1. The number of hydrogen-bond acceptors (Lipinski definition) is 5. The fourth-order valence-corrected chi connectivity index (χ4v) is 2.84. The molecule has 0 radical (unpaired) electrons. The van der Waals surface area contributed by atoms with E-state index in [0.717, 1.165) is 4.57 Å². The summed E-state index contributed by atoms with van der Waals surface area (Å²) in [7, 11) is 0. The van der Waals surface area contributed by atoms with E-state index in [2.05, 4.69) is 26.0 Å². The van der Waals surface area contributed by atoms with Gasteiger partial charge in [-0.05, 0) is 12.5 Å². The van der Waals surface area contributed by atoms with Crippen LogP contribution in [0.3, 0.4) is 0 Å². The molecular weight excluding hydrogens is 358 g/mol. The highest BCUT2D eigenvalue weighted by molar-refractivity contribution is 9.09. The molecule has 0 amide bonds. The number of hydrogen-bond donors (Lipinski definition) is 1. The Morgan fingerprint density at radius 3 is 2.91 bits per heavy atom. The summed E-state index contributed by atoms with van der Waals surface area (Å²) in [5, 5.41) is 13.3. The van der Waals surface area contributed by atoms with Gasteiger partial charge in [0.15, 0.2) is 0 Å². The van der Waals surface area contributed by atoms with Crippen molar-refractivity contribution in [2.75, 3.05) is 11.9 Å². The number of aliphatic hydroxyl groups excluding tert-OH is 1. The summed E-state index contributed by atoms with van der Waals surface area (Å²) in [4.78, 5) is 27.2. The highest BCUT2D eigenvalue weighted by Crippen LogP contribution is 2.29. The molecule has 1 saturated heterocycles. The van der Waals surface area contributed by atoms with Crippen LogP contribution in [0, 0.1) is 6.92 Å². The molecule has 1 fully saturated rings. The van der Waals surface area contributed by atoms with Gasteiger partial charge in [0.2, 0.25) is 0 Å². The number of aryl methyl sites for hydroxylation is 1. The van der Waals surface area contributed by atoms with Gasteiger partial charge < -0.3 is 9.84 Å². The number of halogens is 1. The van der Waals surface area contributed by atoms with Gasteiger partial charge in [0, 0.05) is 35.0 Å². The predicted molar refractivity (Wildman–Crippen MR) is 82.0 cm³/mol. The van der Waals surface area contributed by atoms with E-state index in [4.69, 9.17) is 10.3 Å². The van der Waals surface area contributed by atoms with Gasteiger partial charge in [-0.1, -0.05) is 21.0 Å². The van der Waals surface area contributed by atoms with Crippen molar-refractivity contribution in [1.82, 2.24) is 9.13 Å². The quantitative estimate of drug-likeness (QED) is 0.352. The Morgan fingerprint density at radius 1 is 1.59 bits per heavy atom. The molecule has 1 aromatic rings. The molecule has 3 atom stereocenters. The van der Waals surface area contributed by atoms with E-state index in [-0.39, 0.29) is 25.1 Å². The lowest BCUT2D eigenvalue weighted by Crippen LogP contribution is -2.42. The van der Waals surface area contributed by atoms with E-state index in [1.807, 2.05) is 0 Å². The molecule has 0 aromatic carbocycles. The van der Waals surface area contributed by atoms with E-state index in [1.165, 1.54) is 10.8 Å². The van der Waals surface area contributed by atoms with Crippen LogP contribution in [-0.2, 0) is 11.3 Å². The monoisotopic (exact) mass is 373 g/mol. The lowest BCUT2D eigenvalue weighted by atomic mass is 10.1. The molecule has 2 heterocycles. The Balaban J connectivity index is 2.44. The van der Waals surface area contributed by atoms with E-state index in [0.29, 0.717) is 10.9 Å². The van der Waals surface area contributed by atoms with Crippen LogP contribution in [0.1, 0.15) is 18.2 Å². The Morgan fingerprint density at radius 2 is 2.32 bits per heavy atom. The summed E-state index contributed by atoms with van der Waals surface area (Å²) in [6.07, 6.45) is 0.361. The van der Waals surface area contributed by atoms with Crippen molar-refractivity contribution in [3.05, 3.63) is 43.0 Å². The Hall–Kier alpha value is -1.61. The first-order valence-corrected chi connectivity index (χ1v) is 7.84. The van der Waals surface area contributed by atoms with Gasteiger partial charge in [0.1, 0.15) is 6.23 Å². The predicted octanol–water partition coefficient (Wildman–Crippen LogP) is 0.672. The van der Waals surface area contributed by atoms with Gasteiger partial charge >= 0.3 is 5.69 Å². The van der Waals surface area contributed by atoms with Gasteiger partial charge in [-0.3, -0.25) is 13.9 Å². The first-order chi connectivity index (χ1) is 10.5. The van der Waals surface area contributed by atoms with Crippen molar-refractivity contribution in [3.63, 3.8) is 0 Å². The molecule has 9 nitrogen and oxygen atoms in total. The number of aromatic nitrogens is 2. The van der Waals surface area contributed by atoms with Gasteiger partial charge in [-0.2, -0.15) is 0 Å². The van der Waals surface area contributed by atoms with E-state index >= 15 is 0 Å². The second-order valence-corrected chi connectivity index (χ2v) is 5.76. The standard InChI is InChI=1S/C12H16BrN5O4/c1-7-5-18(12(21)17(3-2-13)11(7)20)10-4-8(15-16-14)9(6-19)22-10/h5,8-10,19H,2-4,6H2,1H3/t8?,9-,10-/m1/s1. The van der Waals surface area contributed by atoms with Crippen LogP contribution in [0.15, 0.2) is 20.9 Å². The average molecular weight is 374 g/mol. The molecule has 1 aliphatic rings. The zero-order chi connectivity index (χ0) is 16.3. The van der Waals surface area contributed by atoms with Crippen LogP contribution in [0.5, 0.6) is 0 Å². The average Bonchev–Trinajstić information content (AvgIpc) is 2.90. The first-order valence-electron chi connectivity index (χ1n) is 6.72. The Bertz CT molecular complexity index is 708. The minimum Gasteiger partial charge on any atom is -0.394 e. The van der Waals surface area contributed by atoms with Crippen molar-refractivity contribution in [1.29, 1.82) is 0 Å². The highest BCUT2D eigenvalue weighted by Gasteiger charge is 2.36. The van der Waals surface area contributed by atoms with Crippen molar-refractivity contribution in [3.8, 4) is 0 Å². The smallest absolute Gasteiger partial charge is 0.333 e. The molecular formula is C12H16BrN5O4. The minimum atomic E-state index is -0.680. The maximum Gasteiger partial charge on any atom is 0.333 e. The Labute approximate surface area is 133 Å². The van der Waals surface area contributed by atoms with Gasteiger partial charge in [0.25, 0.3) is 5.56 Å². The first kappa shape index (κ1) is 16.8. The Kier molecular flexibility index (Phi) is 5.41. The van der Waals surface area contributed by atoms with E-state index < -0.39 is 24.1 Å². The number of alkyl halides is 1. The summed E-state index contributed by atoms with van der Waals surface area (Å²) in [5.74, 6) is 0. The molecule has 1 aromatic heterocycles. The molecule has 1 N–H and O–H groups in total. The summed E-state index contributed by atoms with van der Waals surface area (Å²) in [5.41, 5.74) is 8.13. The molecule has 0 aliphatic carbocycles.